The van der Waals surface area contributed by atoms with E-state index in [9.17, 15) is 26.1 Å². The van der Waals surface area contributed by atoms with Crippen LogP contribution in [0.5, 0.6) is 0 Å². The van der Waals surface area contributed by atoms with Gasteiger partial charge in [0.2, 0.25) is 0 Å². The number of alkyl halides is 3. The van der Waals surface area contributed by atoms with Gasteiger partial charge in [0.15, 0.2) is 0 Å². The fourth-order valence-electron chi connectivity index (χ4n) is 0. The first-order valence-electron chi connectivity index (χ1n) is 1.51. The SMILES string of the molecule is F[B-](F)(F)C(F)(F)F.[K+]. The maximum absolute atomic E-state index is 10.5. The van der Waals surface area contributed by atoms with Gasteiger partial charge in [0.1, 0.15) is 0 Å². The summed E-state index contributed by atoms with van der Waals surface area (Å²) in [6.07, 6.45) is -6.00. The molecule has 0 aliphatic heterocycles. The van der Waals surface area contributed by atoms with Gasteiger partial charge in [-0.1, -0.05) is 0 Å². The van der Waals surface area contributed by atoms with E-state index in [0.717, 1.165) is 0 Å². The van der Waals surface area contributed by atoms with Crippen molar-refractivity contribution >= 4 is 6.98 Å². The van der Waals surface area contributed by atoms with Crippen LogP contribution in [0, 0.1) is 0 Å². The Kier molecular flexibility index (Phi) is 5.18. The summed E-state index contributed by atoms with van der Waals surface area (Å²) < 4.78 is 62.9. The first kappa shape index (κ1) is 12.9. The zero-order chi connectivity index (χ0) is 7.00. The Morgan fingerprint density at radius 3 is 1.00 bits per heavy atom. The molecule has 0 aliphatic carbocycles. The van der Waals surface area contributed by atoms with Crippen molar-refractivity contribution in [3.63, 3.8) is 0 Å². The minimum absolute atomic E-state index is 0. The average molecular weight is 176 g/mol. The van der Waals surface area contributed by atoms with E-state index in [0.29, 0.717) is 0 Å². The Morgan fingerprint density at radius 1 is 0.889 bits per heavy atom. The fourth-order valence-corrected chi connectivity index (χ4v) is 0. The van der Waals surface area contributed by atoms with Crippen molar-refractivity contribution < 1.29 is 77.5 Å². The summed E-state index contributed by atoms with van der Waals surface area (Å²) in [7, 11) is 0. The molecule has 0 amide bonds. The van der Waals surface area contributed by atoms with Crippen LogP contribution in [0.2, 0.25) is 0 Å². The molecule has 0 atom stereocenters. The quantitative estimate of drug-likeness (QED) is 0.326. The molecule has 0 bridgehead atoms. The summed E-state index contributed by atoms with van der Waals surface area (Å²) in [6.45, 7) is -6.65. The van der Waals surface area contributed by atoms with Gasteiger partial charge in [0.25, 0.3) is 0 Å². The van der Waals surface area contributed by atoms with Crippen LogP contribution in [-0.4, -0.2) is 13.1 Å². The second kappa shape index (κ2) is 3.61. The van der Waals surface area contributed by atoms with E-state index >= 15 is 0 Å². The fraction of sp³-hybridized carbons (Fsp3) is 1.00. The molecule has 0 spiro atoms. The van der Waals surface area contributed by atoms with Crippen LogP contribution >= 0.6 is 0 Å². The van der Waals surface area contributed by atoms with Crippen LogP contribution in [0.3, 0.4) is 0 Å². The molecule has 0 fully saturated rings. The third-order valence-corrected chi connectivity index (χ3v) is 0.371. The molecule has 0 saturated carbocycles. The van der Waals surface area contributed by atoms with Gasteiger partial charge in [-0.25, -0.2) is 13.2 Å². The van der Waals surface area contributed by atoms with Crippen molar-refractivity contribution in [2.75, 3.05) is 0 Å². The van der Waals surface area contributed by atoms with Crippen LogP contribution < -0.4 is 51.4 Å². The molecule has 0 saturated heterocycles. The monoisotopic (exact) mass is 176 g/mol. The third-order valence-electron chi connectivity index (χ3n) is 0.371. The number of hydrogen-bond donors (Lipinski definition) is 0. The normalized spacial score (nSPS) is 12.7. The first-order valence-corrected chi connectivity index (χ1v) is 1.51. The van der Waals surface area contributed by atoms with Crippen LogP contribution in [0.25, 0.3) is 0 Å². The number of halogens is 6. The van der Waals surface area contributed by atoms with Crippen molar-refractivity contribution in [1.82, 2.24) is 0 Å². The molecule has 0 heterocycles. The molecule has 0 aromatic heterocycles. The maximum atomic E-state index is 10.5. The predicted molar refractivity (Wildman–Crippen MR) is 15.1 cm³/mol. The Hall–Kier alpha value is 1.28. The summed E-state index contributed by atoms with van der Waals surface area (Å²) >= 11 is 0. The number of rotatable bonds is 0. The van der Waals surface area contributed by atoms with E-state index in [1.807, 2.05) is 0 Å². The molecule has 0 unspecified atom stereocenters. The zero-order valence-electron chi connectivity index (χ0n) is 4.35. The second-order valence-corrected chi connectivity index (χ2v) is 1.12. The van der Waals surface area contributed by atoms with Gasteiger partial charge in [-0.15, -0.1) is 0 Å². The van der Waals surface area contributed by atoms with E-state index in [2.05, 4.69) is 0 Å². The Bertz CT molecular complexity index is 68.0. The van der Waals surface area contributed by atoms with Crippen molar-refractivity contribution in [2.45, 2.75) is 6.08 Å². The van der Waals surface area contributed by atoms with Crippen LogP contribution in [0.15, 0.2) is 0 Å². The first-order chi connectivity index (χ1) is 3.25. The van der Waals surface area contributed by atoms with Gasteiger partial charge in [0, 0.05) is 0 Å². The molecule has 0 aliphatic rings. The largest absolute Gasteiger partial charge is 1.00 e. The Balaban J connectivity index is 0. The standard InChI is InChI=1S/CBF6.K/c3-1(4,5)2(6,7)8;/q-1;+1. The van der Waals surface area contributed by atoms with Crippen molar-refractivity contribution in [3.05, 3.63) is 0 Å². The molecule has 0 radical (unpaired) electrons. The maximum Gasteiger partial charge on any atom is 1.00 e. The average Bonchev–Trinajstić information content (AvgIpc) is 1.25. The van der Waals surface area contributed by atoms with E-state index in [1.165, 1.54) is 0 Å². The summed E-state index contributed by atoms with van der Waals surface area (Å²) in [6, 6.07) is 0. The summed E-state index contributed by atoms with van der Waals surface area (Å²) in [4.78, 5) is 0. The van der Waals surface area contributed by atoms with E-state index in [4.69, 9.17) is 0 Å². The topological polar surface area (TPSA) is 0 Å². The molecular weight excluding hydrogens is 176 g/mol. The van der Waals surface area contributed by atoms with E-state index in [1.54, 1.807) is 0 Å². The van der Waals surface area contributed by atoms with Gasteiger partial charge in [-0.05, 0) is 0 Å². The van der Waals surface area contributed by atoms with Crippen molar-refractivity contribution in [1.29, 1.82) is 0 Å². The van der Waals surface area contributed by atoms with Gasteiger partial charge < -0.3 is 12.9 Å². The second-order valence-electron chi connectivity index (χ2n) is 1.12. The molecule has 9 heavy (non-hydrogen) atoms. The molecule has 0 nitrogen and oxygen atoms in total. The van der Waals surface area contributed by atoms with Crippen molar-refractivity contribution in [2.24, 2.45) is 0 Å². The van der Waals surface area contributed by atoms with Gasteiger partial charge >= 0.3 is 64.4 Å². The van der Waals surface area contributed by atoms with Crippen LogP contribution in [0.1, 0.15) is 0 Å². The molecule has 8 heteroatoms. The van der Waals surface area contributed by atoms with E-state index in [-0.39, 0.29) is 51.4 Å². The van der Waals surface area contributed by atoms with Gasteiger partial charge in [0.05, 0.1) is 0 Å². The summed E-state index contributed by atoms with van der Waals surface area (Å²) in [5.41, 5.74) is 0. The zero-order valence-corrected chi connectivity index (χ0v) is 7.47. The molecule has 0 aromatic rings. The minimum Gasteiger partial charge on any atom is -0.443 e. The predicted octanol–water partition coefficient (Wildman–Crippen LogP) is -1.06. The molecule has 0 rings (SSSR count). The van der Waals surface area contributed by atoms with Gasteiger partial charge in [-0.3, -0.25) is 0 Å². The summed E-state index contributed by atoms with van der Waals surface area (Å²) in [5, 5.41) is 0. The molecule has 50 valence electrons. The van der Waals surface area contributed by atoms with Gasteiger partial charge in [-0.2, -0.15) is 0 Å². The molecular formula is CBF6K. The Labute approximate surface area is 89.5 Å². The van der Waals surface area contributed by atoms with Crippen LogP contribution in [-0.2, 0) is 0 Å². The van der Waals surface area contributed by atoms with Crippen LogP contribution in [0.4, 0.5) is 26.1 Å². The Morgan fingerprint density at radius 2 is 1.00 bits per heavy atom. The number of hydrogen-bond acceptors (Lipinski definition) is 0. The van der Waals surface area contributed by atoms with Crippen molar-refractivity contribution in [3.8, 4) is 0 Å². The molecule has 0 N–H and O–H groups in total. The van der Waals surface area contributed by atoms with E-state index < -0.39 is 13.1 Å². The minimum atomic E-state index is -6.65. The smallest absolute Gasteiger partial charge is 0.443 e. The molecule has 0 aromatic carbocycles. The third kappa shape index (κ3) is 4.66. The summed E-state index contributed by atoms with van der Waals surface area (Å²) in [5.74, 6) is 0.